The molecule has 5 nitrogen and oxygen atoms in total. The molecule has 0 bridgehead atoms. The first kappa shape index (κ1) is 20.4. The fraction of sp³-hybridized carbons (Fsp3) is 0.263. The second kappa shape index (κ2) is 7.95. The van der Waals surface area contributed by atoms with Crippen LogP contribution in [0.25, 0.3) is 10.9 Å². The topological polar surface area (TPSA) is 51.5 Å². The van der Waals surface area contributed by atoms with Crippen molar-refractivity contribution in [3.8, 4) is 5.75 Å². The van der Waals surface area contributed by atoms with Gasteiger partial charge in [0.25, 0.3) is 10.0 Å². The molecule has 0 aliphatic heterocycles. The summed E-state index contributed by atoms with van der Waals surface area (Å²) in [5, 5.41) is 0.765. The van der Waals surface area contributed by atoms with E-state index in [0.717, 1.165) is 20.9 Å². The minimum absolute atomic E-state index is 0.230. The summed E-state index contributed by atoms with van der Waals surface area (Å²) in [6.45, 7) is 2.98. The van der Waals surface area contributed by atoms with E-state index >= 15 is 0 Å². The number of fused-ring (bicyclic) bond motifs is 1. The maximum Gasteiger partial charge on any atom is 0.268 e. The molecule has 0 fully saturated rings. The van der Waals surface area contributed by atoms with Crippen molar-refractivity contribution >= 4 is 52.8 Å². The van der Waals surface area contributed by atoms with Crippen LogP contribution in [0.5, 0.6) is 5.75 Å². The maximum atomic E-state index is 13.3. The zero-order valence-corrected chi connectivity index (χ0v) is 19.2. The third-order valence-corrected chi connectivity index (χ3v) is 7.03. The van der Waals surface area contributed by atoms with Crippen LogP contribution in [-0.4, -0.2) is 44.5 Å². The molecule has 0 aliphatic rings. The smallest absolute Gasteiger partial charge is 0.268 e. The monoisotopic (exact) mass is 514 g/mol. The van der Waals surface area contributed by atoms with E-state index in [0.29, 0.717) is 23.6 Å². The number of nitrogens with zero attached hydrogens (tertiary/aromatic N) is 2. The van der Waals surface area contributed by atoms with E-state index in [9.17, 15) is 8.42 Å². The SMILES string of the molecule is Cc1c(OCCN(C)C)c2cc(Br)ccc2n1S(=O)(=O)c1ccc(Br)cc1. The van der Waals surface area contributed by atoms with Crippen LogP contribution in [0.3, 0.4) is 0 Å². The minimum atomic E-state index is -3.76. The Morgan fingerprint density at radius 3 is 2.30 bits per heavy atom. The van der Waals surface area contributed by atoms with Gasteiger partial charge in [-0.3, -0.25) is 0 Å². The van der Waals surface area contributed by atoms with Crippen molar-refractivity contribution in [1.29, 1.82) is 0 Å². The molecule has 0 atom stereocenters. The van der Waals surface area contributed by atoms with Crippen LogP contribution in [0.2, 0.25) is 0 Å². The molecule has 0 unspecified atom stereocenters. The summed E-state index contributed by atoms with van der Waals surface area (Å²) < 4.78 is 35.7. The van der Waals surface area contributed by atoms with Gasteiger partial charge >= 0.3 is 0 Å². The van der Waals surface area contributed by atoms with Crippen LogP contribution in [0.15, 0.2) is 56.3 Å². The predicted octanol–water partition coefficient (Wildman–Crippen LogP) is 4.65. The second-order valence-electron chi connectivity index (χ2n) is 6.45. The normalized spacial score (nSPS) is 12.1. The Labute approximate surface area is 176 Å². The number of ether oxygens (including phenoxy) is 1. The van der Waals surface area contributed by atoms with E-state index in [1.165, 1.54) is 3.97 Å². The van der Waals surface area contributed by atoms with Gasteiger partial charge in [0.15, 0.2) is 0 Å². The first-order valence-electron chi connectivity index (χ1n) is 8.31. The van der Waals surface area contributed by atoms with Gasteiger partial charge in [-0.25, -0.2) is 12.4 Å². The highest BCUT2D eigenvalue weighted by Gasteiger charge is 2.26. The molecule has 8 heteroatoms. The number of halogens is 2. The molecule has 3 aromatic rings. The van der Waals surface area contributed by atoms with Crippen LogP contribution in [0.4, 0.5) is 0 Å². The first-order valence-corrected chi connectivity index (χ1v) is 11.3. The molecular formula is C19H20Br2N2O3S. The Hall–Kier alpha value is -1.35. The molecule has 0 saturated carbocycles. The molecule has 0 saturated heterocycles. The standard InChI is InChI=1S/C19H20Br2N2O3S/c1-13-19(26-11-10-22(2)3)17-12-15(21)6-9-18(17)23(13)27(24,25)16-7-4-14(20)5-8-16/h4-9,12H,10-11H2,1-3H3. The molecular weight excluding hydrogens is 496 g/mol. The maximum absolute atomic E-state index is 13.3. The van der Waals surface area contributed by atoms with E-state index in [4.69, 9.17) is 4.74 Å². The van der Waals surface area contributed by atoms with Crippen molar-refractivity contribution in [2.45, 2.75) is 11.8 Å². The van der Waals surface area contributed by atoms with Gasteiger partial charge < -0.3 is 9.64 Å². The van der Waals surface area contributed by atoms with Gasteiger partial charge in [-0.15, -0.1) is 0 Å². The Balaban J connectivity index is 2.18. The molecule has 0 aliphatic carbocycles. The lowest BCUT2D eigenvalue weighted by atomic mass is 10.2. The highest BCUT2D eigenvalue weighted by Crippen LogP contribution is 2.37. The number of hydrogen-bond acceptors (Lipinski definition) is 4. The van der Waals surface area contributed by atoms with E-state index in [1.54, 1.807) is 37.3 Å². The van der Waals surface area contributed by atoms with E-state index in [1.807, 2.05) is 31.1 Å². The lowest BCUT2D eigenvalue weighted by molar-refractivity contribution is 0.262. The van der Waals surface area contributed by atoms with Crippen molar-refractivity contribution < 1.29 is 13.2 Å². The number of benzene rings is 2. The lowest BCUT2D eigenvalue weighted by Gasteiger charge is -2.12. The summed E-state index contributed by atoms with van der Waals surface area (Å²) in [7, 11) is 0.176. The Kier molecular flexibility index (Phi) is 6.00. The van der Waals surface area contributed by atoms with Crippen LogP contribution in [0.1, 0.15) is 5.69 Å². The average Bonchev–Trinajstić information content (AvgIpc) is 2.87. The highest BCUT2D eigenvalue weighted by atomic mass is 79.9. The molecule has 3 rings (SSSR count). The van der Waals surface area contributed by atoms with E-state index < -0.39 is 10.0 Å². The van der Waals surface area contributed by atoms with Crippen molar-refractivity contribution in [2.75, 3.05) is 27.2 Å². The second-order valence-corrected chi connectivity index (χ2v) is 10.1. The summed E-state index contributed by atoms with van der Waals surface area (Å²) in [4.78, 5) is 2.25. The minimum Gasteiger partial charge on any atom is -0.490 e. The molecule has 2 aromatic carbocycles. The molecule has 27 heavy (non-hydrogen) atoms. The van der Waals surface area contributed by atoms with Crippen LogP contribution in [-0.2, 0) is 10.0 Å². The quantitative estimate of drug-likeness (QED) is 0.479. The van der Waals surface area contributed by atoms with Gasteiger partial charge in [0.2, 0.25) is 0 Å². The Morgan fingerprint density at radius 1 is 1.04 bits per heavy atom. The molecule has 144 valence electrons. The van der Waals surface area contributed by atoms with Crippen molar-refractivity contribution in [2.24, 2.45) is 0 Å². The summed E-state index contributed by atoms with van der Waals surface area (Å²) in [5.41, 5.74) is 1.16. The van der Waals surface area contributed by atoms with E-state index in [-0.39, 0.29) is 4.90 Å². The number of aromatic nitrogens is 1. The number of likely N-dealkylation sites (N-methyl/N-ethyl adjacent to an activating group) is 1. The predicted molar refractivity (Wildman–Crippen MR) is 115 cm³/mol. The fourth-order valence-corrected chi connectivity index (χ4v) is 5.05. The summed E-state index contributed by atoms with van der Waals surface area (Å²) >= 11 is 6.81. The fourth-order valence-electron chi connectivity index (χ4n) is 2.87. The number of rotatable bonds is 6. The van der Waals surface area contributed by atoms with Crippen molar-refractivity contribution in [3.05, 3.63) is 57.1 Å². The summed E-state index contributed by atoms with van der Waals surface area (Å²) in [6, 6.07) is 12.1. The van der Waals surface area contributed by atoms with Crippen LogP contribution in [0, 0.1) is 6.92 Å². The zero-order valence-electron chi connectivity index (χ0n) is 15.2. The van der Waals surface area contributed by atoms with Gasteiger partial charge in [0, 0.05) is 20.9 Å². The van der Waals surface area contributed by atoms with Gasteiger partial charge in [-0.1, -0.05) is 31.9 Å². The molecule has 0 N–H and O–H groups in total. The molecule has 0 radical (unpaired) electrons. The first-order chi connectivity index (χ1) is 12.7. The Morgan fingerprint density at radius 2 is 1.67 bits per heavy atom. The average molecular weight is 516 g/mol. The van der Waals surface area contributed by atoms with Crippen LogP contribution >= 0.6 is 31.9 Å². The summed E-state index contributed by atoms with van der Waals surface area (Å²) in [5.74, 6) is 0.592. The largest absolute Gasteiger partial charge is 0.490 e. The van der Waals surface area contributed by atoms with E-state index in [2.05, 4.69) is 31.9 Å². The highest BCUT2D eigenvalue weighted by molar-refractivity contribution is 9.10. The number of hydrogen-bond donors (Lipinski definition) is 0. The Bertz CT molecular complexity index is 1070. The van der Waals surface area contributed by atoms with Gasteiger partial charge in [0.1, 0.15) is 12.4 Å². The molecule has 1 heterocycles. The molecule has 0 spiro atoms. The van der Waals surface area contributed by atoms with Crippen molar-refractivity contribution in [3.63, 3.8) is 0 Å². The summed E-state index contributed by atoms with van der Waals surface area (Å²) in [6.07, 6.45) is 0. The molecule has 1 aromatic heterocycles. The third-order valence-electron chi connectivity index (χ3n) is 4.19. The van der Waals surface area contributed by atoms with Crippen LogP contribution < -0.4 is 4.74 Å². The third kappa shape index (κ3) is 4.08. The van der Waals surface area contributed by atoms with Gasteiger partial charge in [-0.05, 0) is 63.5 Å². The molecule has 0 amide bonds. The van der Waals surface area contributed by atoms with Gasteiger partial charge in [0.05, 0.1) is 16.1 Å². The lowest BCUT2D eigenvalue weighted by Crippen LogP contribution is -2.20. The zero-order chi connectivity index (χ0) is 19.8. The van der Waals surface area contributed by atoms with Crippen molar-refractivity contribution in [1.82, 2.24) is 8.87 Å². The van der Waals surface area contributed by atoms with Gasteiger partial charge in [-0.2, -0.15) is 0 Å².